The highest BCUT2D eigenvalue weighted by Gasteiger charge is 2.23. The third-order valence-electron chi connectivity index (χ3n) is 3.06. The molecule has 2 aromatic rings. The van der Waals surface area contributed by atoms with Crippen LogP contribution in [0.5, 0.6) is 5.75 Å². The molecule has 2 rings (SSSR count). The second kappa shape index (κ2) is 6.54. The van der Waals surface area contributed by atoms with Crippen LogP contribution in [0.1, 0.15) is 10.4 Å². The predicted octanol–water partition coefficient (Wildman–Crippen LogP) is 2.10. The number of nitrogens with one attached hydrogen (secondary N) is 1. The Morgan fingerprint density at radius 3 is 2.50 bits per heavy atom. The van der Waals surface area contributed by atoms with Gasteiger partial charge in [0.05, 0.1) is 28.2 Å². The Labute approximate surface area is 136 Å². The molecule has 0 bridgehead atoms. The van der Waals surface area contributed by atoms with Crippen molar-refractivity contribution in [3.8, 4) is 5.75 Å². The van der Waals surface area contributed by atoms with Crippen molar-refractivity contribution in [2.45, 2.75) is 4.90 Å². The van der Waals surface area contributed by atoms with Gasteiger partial charge in [0.15, 0.2) is 5.75 Å². The molecule has 0 saturated carbocycles. The monoisotopic (exact) mass is 352 g/mol. The van der Waals surface area contributed by atoms with Gasteiger partial charge in [-0.2, -0.15) is 0 Å². The Morgan fingerprint density at radius 2 is 1.92 bits per heavy atom. The molecule has 0 spiro atoms. The van der Waals surface area contributed by atoms with Crippen LogP contribution in [0, 0.1) is 10.1 Å². The lowest BCUT2D eigenvalue weighted by Crippen LogP contribution is -2.15. The zero-order valence-electron chi connectivity index (χ0n) is 12.3. The summed E-state index contributed by atoms with van der Waals surface area (Å²) < 4.78 is 31.7. The van der Waals surface area contributed by atoms with Gasteiger partial charge < -0.3 is 9.84 Å². The van der Waals surface area contributed by atoms with Crippen LogP contribution >= 0.6 is 0 Å². The minimum Gasteiger partial charge on any atom is -0.490 e. The van der Waals surface area contributed by atoms with Crippen molar-refractivity contribution in [2.24, 2.45) is 0 Å². The second-order valence-corrected chi connectivity index (χ2v) is 6.23. The number of sulfonamides is 1. The Hall–Kier alpha value is -3.14. The Kier molecular flexibility index (Phi) is 4.69. The third kappa shape index (κ3) is 3.43. The van der Waals surface area contributed by atoms with Crippen LogP contribution in [-0.2, 0) is 10.0 Å². The van der Waals surface area contributed by atoms with Gasteiger partial charge in [0, 0.05) is 6.07 Å². The van der Waals surface area contributed by atoms with Gasteiger partial charge in [0.1, 0.15) is 0 Å². The molecular formula is C14H12N2O7S. The van der Waals surface area contributed by atoms with Crippen molar-refractivity contribution in [3.63, 3.8) is 0 Å². The van der Waals surface area contributed by atoms with Gasteiger partial charge >= 0.3 is 11.7 Å². The molecule has 0 radical (unpaired) electrons. The molecule has 0 atom stereocenters. The summed E-state index contributed by atoms with van der Waals surface area (Å²) in [6.45, 7) is 0. The maximum absolute atomic E-state index is 12.4. The maximum Gasteiger partial charge on any atom is 0.337 e. The van der Waals surface area contributed by atoms with Gasteiger partial charge in [-0.15, -0.1) is 0 Å². The minimum absolute atomic E-state index is 0.0927. The fraction of sp³-hybridized carbons (Fsp3) is 0.0714. The number of aromatic carboxylic acids is 1. The summed E-state index contributed by atoms with van der Waals surface area (Å²) in [7, 11) is -3.00. The first kappa shape index (κ1) is 17.2. The van der Waals surface area contributed by atoms with Crippen molar-refractivity contribution >= 4 is 27.4 Å². The molecule has 0 unspecified atom stereocenters. The Morgan fingerprint density at radius 1 is 1.25 bits per heavy atom. The number of ether oxygens (including phenoxy) is 1. The van der Waals surface area contributed by atoms with Gasteiger partial charge in [0.25, 0.3) is 10.0 Å². The zero-order chi connectivity index (χ0) is 17.9. The number of anilines is 1. The lowest BCUT2D eigenvalue weighted by Gasteiger charge is -2.11. The highest BCUT2D eigenvalue weighted by Crippen LogP contribution is 2.30. The van der Waals surface area contributed by atoms with E-state index < -0.39 is 31.5 Å². The Bertz CT molecular complexity index is 909. The van der Waals surface area contributed by atoms with Crippen LogP contribution in [0.4, 0.5) is 11.4 Å². The van der Waals surface area contributed by atoms with E-state index in [0.717, 1.165) is 18.2 Å². The molecular weight excluding hydrogens is 340 g/mol. The topological polar surface area (TPSA) is 136 Å². The van der Waals surface area contributed by atoms with Gasteiger partial charge in [-0.3, -0.25) is 14.8 Å². The van der Waals surface area contributed by atoms with Crippen LogP contribution in [0.15, 0.2) is 47.4 Å². The molecule has 0 fully saturated rings. The first-order valence-corrected chi connectivity index (χ1v) is 7.92. The lowest BCUT2D eigenvalue weighted by molar-refractivity contribution is -0.386. The number of carboxylic acid groups (broad SMARTS) is 1. The van der Waals surface area contributed by atoms with Crippen LogP contribution in [0.2, 0.25) is 0 Å². The molecule has 0 heterocycles. The number of para-hydroxylation sites is 1. The van der Waals surface area contributed by atoms with E-state index in [1.165, 1.54) is 31.4 Å². The van der Waals surface area contributed by atoms with E-state index in [4.69, 9.17) is 9.84 Å². The number of rotatable bonds is 6. The van der Waals surface area contributed by atoms with Crippen LogP contribution in [0.3, 0.4) is 0 Å². The maximum atomic E-state index is 12.4. The molecule has 0 aromatic heterocycles. The lowest BCUT2D eigenvalue weighted by atomic mass is 10.2. The van der Waals surface area contributed by atoms with Crippen molar-refractivity contribution in [2.75, 3.05) is 11.8 Å². The summed E-state index contributed by atoms with van der Waals surface area (Å²) in [5.41, 5.74) is -0.917. The van der Waals surface area contributed by atoms with Crippen molar-refractivity contribution in [1.82, 2.24) is 0 Å². The normalized spacial score (nSPS) is 10.9. The molecule has 2 N–H and O–H groups in total. The summed E-state index contributed by atoms with van der Waals surface area (Å²) >= 11 is 0. The number of nitrogens with zero attached hydrogens (tertiary/aromatic N) is 1. The quantitative estimate of drug-likeness (QED) is 0.600. The highest BCUT2D eigenvalue weighted by molar-refractivity contribution is 7.92. The van der Waals surface area contributed by atoms with Gasteiger partial charge in [-0.1, -0.05) is 12.1 Å². The van der Waals surface area contributed by atoms with E-state index in [9.17, 15) is 23.3 Å². The average Bonchev–Trinajstić information content (AvgIpc) is 2.54. The molecule has 0 saturated heterocycles. The zero-order valence-corrected chi connectivity index (χ0v) is 13.1. The van der Waals surface area contributed by atoms with Crippen molar-refractivity contribution in [1.29, 1.82) is 0 Å². The summed E-state index contributed by atoms with van der Waals surface area (Å²) in [5, 5.41) is 20.1. The van der Waals surface area contributed by atoms with E-state index in [0.29, 0.717) is 0 Å². The van der Waals surface area contributed by atoms with E-state index in [2.05, 4.69) is 4.72 Å². The van der Waals surface area contributed by atoms with E-state index in [1.807, 2.05) is 0 Å². The summed E-state index contributed by atoms with van der Waals surface area (Å²) in [5.74, 6) is -1.40. The number of nitro groups is 1. The first-order chi connectivity index (χ1) is 11.3. The van der Waals surface area contributed by atoms with Gasteiger partial charge in [-0.05, 0) is 24.3 Å². The summed E-state index contributed by atoms with van der Waals surface area (Å²) in [4.78, 5) is 21.0. The largest absolute Gasteiger partial charge is 0.490 e. The number of hydrogen-bond donors (Lipinski definition) is 2. The molecule has 0 aliphatic heterocycles. The molecule has 24 heavy (non-hydrogen) atoms. The van der Waals surface area contributed by atoms with E-state index in [-0.39, 0.29) is 17.0 Å². The Balaban J connectivity index is 2.47. The smallest absolute Gasteiger partial charge is 0.337 e. The van der Waals surface area contributed by atoms with Crippen molar-refractivity contribution in [3.05, 3.63) is 58.1 Å². The fourth-order valence-corrected chi connectivity index (χ4v) is 3.04. The number of carbonyl (C=O) groups is 1. The number of hydrogen-bond acceptors (Lipinski definition) is 6. The summed E-state index contributed by atoms with van der Waals surface area (Å²) in [6.07, 6.45) is 0. The minimum atomic E-state index is -4.22. The number of methoxy groups -OCH3 is 1. The van der Waals surface area contributed by atoms with Crippen LogP contribution in [-0.4, -0.2) is 31.5 Å². The van der Waals surface area contributed by atoms with E-state index >= 15 is 0 Å². The van der Waals surface area contributed by atoms with Gasteiger partial charge in [0.2, 0.25) is 0 Å². The van der Waals surface area contributed by atoms with Crippen LogP contribution < -0.4 is 9.46 Å². The molecule has 9 nitrogen and oxygen atoms in total. The number of benzene rings is 2. The SMILES string of the molecule is COc1ccc(S(=O)(=O)Nc2ccccc2C(=O)O)cc1[N+](=O)[O-]. The molecule has 126 valence electrons. The molecule has 0 aliphatic rings. The standard InChI is InChI=1S/C14H12N2O7S/c1-23-13-7-6-9(8-12(13)16(19)20)24(21,22)15-11-5-3-2-4-10(11)14(17)18/h2-8,15H,1H3,(H,17,18). The van der Waals surface area contributed by atoms with Gasteiger partial charge in [-0.25, -0.2) is 13.2 Å². The average molecular weight is 352 g/mol. The molecule has 0 amide bonds. The van der Waals surface area contributed by atoms with Crippen molar-refractivity contribution < 1.29 is 28.0 Å². The predicted molar refractivity (Wildman–Crippen MR) is 83.9 cm³/mol. The third-order valence-corrected chi connectivity index (χ3v) is 4.42. The molecule has 2 aromatic carbocycles. The fourth-order valence-electron chi connectivity index (χ4n) is 1.94. The molecule has 10 heteroatoms. The van der Waals surface area contributed by atoms with E-state index in [1.54, 1.807) is 0 Å². The number of nitro benzene ring substituents is 1. The first-order valence-electron chi connectivity index (χ1n) is 6.44. The second-order valence-electron chi connectivity index (χ2n) is 4.55. The number of carboxylic acids is 1. The summed E-state index contributed by atoms with van der Waals surface area (Å²) in [6, 6.07) is 8.52. The van der Waals surface area contributed by atoms with Crippen LogP contribution in [0.25, 0.3) is 0 Å². The highest BCUT2D eigenvalue weighted by atomic mass is 32.2. The molecule has 0 aliphatic carbocycles.